The summed E-state index contributed by atoms with van der Waals surface area (Å²) in [6, 6.07) is 1.83. The minimum Gasteiger partial charge on any atom is -0.348 e. The summed E-state index contributed by atoms with van der Waals surface area (Å²) in [5.74, 6) is -0.0927. The third-order valence-electron chi connectivity index (χ3n) is 3.08. The number of hydrogen-bond donors (Lipinski definition) is 2. The Morgan fingerprint density at radius 2 is 2.50 bits per heavy atom. The molecule has 0 spiro atoms. The van der Waals surface area contributed by atoms with Crippen molar-refractivity contribution < 1.29 is 4.79 Å². The Morgan fingerprint density at radius 1 is 1.55 bits per heavy atom. The molecule has 0 saturated heterocycles. The van der Waals surface area contributed by atoms with Crippen LogP contribution in [-0.4, -0.2) is 45.7 Å². The first-order valence-electron chi connectivity index (χ1n) is 6.32. The topological polar surface area (TPSA) is 84.7 Å². The molecule has 2 aromatic rings. The van der Waals surface area contributed by atoms with Crippen LogP contribution in [0.2, 0.25) is 0 Å². The van der Waals surface area contributed by atoms with Gasteiger partial charge in [-0.15, -0.1) is 16.4 Å². The van der Waals surface area contributed by atoms with Gasteiger partial charge in [0, 0.05) is 13.1 Å². The molecule has 0 unspecified atom stereocenters. The van der Waals surface area contributed by atoms with Crippen molar-refractivity contribution in [2.24, 2.45) is 0 Å². The van der Waals surface area contributed by atoms with Crippen LogP contribution in [0.25, 0.3) is 5.69 Å². The van der Waals surface area contributed by atoms with Gasteiger partial charge in [0.05, 0.1) is 5.69 Å². The lowest BCUT2D eigenvalue weighted by Gasteiger charge is -2.14. The molecule has 104 valence electrons. The van der Waals surface area contributed by atoms with Crippen molar-refractivity contribution in [2.45, 2.75) is 6.42 Å². The smallest absolute Gasteiger partial charge is 0.263 e. The number of rotatable bonds is 4. The van der Waals surface area contributed by atoms with Crippen LogP contribution in [0.1, 0.15) is 16.1 Å². The molecule has 2 aromatic heterocycles. The summed E-state index contributed by atoms with van der Waals surface area (Å²) in [6.07, 6.45) is 4.58. The van der Waals surface area contributed by atoms with E-state index in [4.69, 9.17) is 0 Å². The second-order valence-corrected chi connectivity index (χ2v) is 5.30. The predicted molar refractivity (Wildman–Crippen MR) is 74.9 cm³/mol. The van der Waals surface area contributed by atoms with Gasteiger partial charge in [-0.3, -0.25) is 4.79 Å². The lowest BCUT2D eigenvalue weighted by Crippen LogP contribution is -2.29. The molecule has 3 rings (SSSR count). The summed E-state index contributed by atoms with van der Waals surface area (Å²) < 4.78 is 1.50. The zero-order chi connectivity index (χ0) is 13.8. The molecule has 0 fully saturated rings. The van der Waals surface area contributed by atoms with Crippen LogP contribution in [0.5, 0.6) is 0 Å². The summed E-state index contributed by atoms with van der Waals surface area (Å²) in [5.41, 5.74) is 1.97. The van der Waals surface area contributed by atoms with Crippen LogP contribution < -0.4 is 10.6 Å². The second kappa shape index (κ2) is 5.93. The first kappa shape index (κ1) is 12.9. The van der Waals surface area contributed by atoms with E-state index in [1.807, 2.05) is 11.4 Å². The zero-order valence-electron chi connectivity index (χ0n) is 10.7. The number of hydrogen-bond acceptors (Lipinski definition) is 6. The Hall–Kier alpha value is -2.06. The molecule has 2 N–H and O–H groups in total. The molecule has 1 aliphatic heterocycles. The molecule has 0 aliphatic carbocycles. The monoisotopic (exact) mass is 290 g/mol. The number of tetrazole rings is 1. The van der Waals surface area contributed by atoms with Crippen molar-refractivity contribution >= 4 is 17.2 Å². The highest BCUT2D eigenvalue weighted by atomic mass is 32.1. The summed E-state index contributed by atoms with van der Waals surface area (Å²) >= 11 is 1.38. The van der Waals surface area contributed by atoms with Crippen molar-refractivity contribution in [2.75, 3.05) is 19.6 Å². The normalized spacial score (nSPS) is 14.9. The van der Waals surface area contributed by atoms with Gasteiger partial charge in [-0.2, -0.15) is 4.68 Å². The van der Waals surface area contributed by atoms with Crippen molar-refractivity contribution in [3.63, 3.8) is 0 Å². The third-order valence-corrected chi connectivity index (χ3v) is 3.98. The van der Waals surface area contributed by atoms with Gasteiger partial charge in [0.25, 0.3) is 5.91 Å². The van der Waals surface area contributed by atoms with Gasteiger partial charge in [-0.25, -0.2) is 0 Å². The number of aromatic nitrogens is 4. The summed E-state index contributed by atoms with van der Waals surface area (Å²) in [6.45, 7) is 2.43. The van der Waals surface area contributed by atoms with Gasteiger partial charge in [0.2, 0.25) is 0 Å². The maximum atomic E-state index is 12.2. The molecular weight excluding hydrogens is 276 g/mol. The van der Waals surface area contributed by atoms with Gasteiger partial charge < -0.3 is 10.6 Å². The van der Waals surface area contributed by atoms with Gasteiger partial charge in [0.15, 0.2) is 0 Å². The highest BCUT2D eigenvalue weighted by Gasteiger charge is 2.15. The van der Waals surface area contributed by atoms with Crippen molar-refractivity contribution in [1.29, 1.82) is 0 Å². The number of carbonyl (C=O) groups is 1. The Bertz CT molecular complexity index is 618. The average molecular weight is 290 g/mol. The first-order valence-corrected chi connectivity index (χ1v) is 7.20. The second-order valence-electron chi connectivity index (χ2n) is 4.39. The van der Waals surface area contributed by atoms with E-state index in [1.54, 1.807) is 0 Å². The number of amides is 1. The first-order chi connectivity index (χ1) is 9.84. The fourth-order valence-corrected chi connectivity index (χ4v) is 2.82. The lowest BCUT2D eigenvalue weighted by atomic mass is 10.1. The minimum atomic E-state index is -0.0927. The summed E-state index contributed by atoms with van der Waals surface area (Å²) in [4.78, 5) is 12.9. The zero-order valence-corrected chi connectivity index (χ0v) is 11.6. The molecule has 0 aromatic carbocycles. The predicted octanol–water partition coefficient (Wildman–Crippen LogP) is 0.373. The molecule has 20 heavy (non-hydrogen) atoms. The highest BCUT2D eigenvalue weighted by molar-refractivity contribution is 7.12. The van der Waals surface area contributed by atoms with Crippen molar-refractivity contribution in [3.05, 3.63) is 34.3 Å². The quantitative estimate of drug-likeness (QED) is 0.795. The van der Waals surface area contributed by atoms with Gasteiger partial charge >= 0.3 is 0 Å². The molecule has 7 nitrogen and oxygen atoms in total. The van der Waals surface area contributed by atoms with Crippen LogP contribution in [0, 0.1) is 0 Å². The van der Waals surface area contributed by atoms with Crippen LogP contribution in [0.4, 0.5) is 0 Å². The maximum Gasteiger partial charge on any atom is 0.263 e. The standard InChI is InChI=1S/C12H14N6OS/c19-12(14-7-9-1-4-13-5-2-9)11-10(3-6-20-11)18-8-15-16-17-18/h1,3,6,8,13H,2,4-5,7H2,(H,14,19). The molecule has 0 saturated carbocycles. The van der Waals surface area contributed by atoms with E-state index in [2.05, 4.69) is 32.2 Å². The fraction of sp³-hybridized carbons (Fsp3) is 0.333. The summed E-state index contributed by atoms with van der Waals surface area (Å²) in [7, 11) is 0. The van der Waals surface area contributed by atoms with E-state index in [0.29, 0.717) is 17.1 Å². The molecule has 1 amide bonds. The van der Waals surface area contributed by atoms with E-state index in [1.165, 1.54) is 27.9 Å². The minimum absolute atomic E-state index is 0.0927. The van der Waals surface area contributed by atoms with E-state index < -0.39 is 0 Å². The lowest BCUT2D eigenvalue weighted by molar-refractivity contribution is 0.0960. The van der Waals surface area contributed by atoms with Crippen LogP contribution in [0.3, 0.4) is 0 Å². The van der Waals surface area contributed by atoms with Crippen LogP contribution in [-0.2, 0) is 0 Å². The molecule has 8 heteroatoms. The molecule has 0 atom stereocenters. The molecule has 1 aliphatic rings. The van der Waals surface area contributed by atoms with E-state index in [0.717, 1.165) is 19.5 Å². The van der Waals surface area contributed by atoms with E-state index in [-0.39, 0.29) is 5.91 Å². The molecule has 0 radical (unpaired) electrons. The van der Waals surface area contributed by atoms with Gasteiger partial charge in [-0.1, -0.05) is 11.6 Å². The van der Waals surface area contributed by atoms with Gasteiger partial charge in [-0.05, 0) is 34.8 Å². The Kier molecular flexibility index (Phi) is 3.84. The number of thiophene rings is 1. The Balaban J connectivity index is 1.69. The highest BCUT2D eigenvalue weighted by Crippen LogP contribution is 2.19. The maximum absolute atomic E-state index is 12.2. The Labute approximate surface area is 119 Å². The third kappa shape index (κ3) is 2.75. The number of nitrogens with zero attached hydrogens (tertiary/aromatic N) is 4. The average Bonchev–Trinajstić information content (AvgIpc) is 3.15. The largest absolute Gasteiger partial charge is 0.348 e. The van der Waals surface area contributed by atoms with E-state index in [9.17, 15) is 4.79 Å². The van der Waals surface area contributed by atoms with Crippen molar-refractivity contribution in [1.82, 2.24) is 30.8 Å². The SMILES string of the molecule is O=C(NCC1=CCNCC1)c1sccc1-n1cnnn1. The molecule has 0 bridgehead atoms. The summed E-state index contributed by atoms with van der Waals surface area (Å²) in [5, 5.41) is 19.0. The van der Waals surface area contributed by atoms with Crippen molar-refractivity contribution in [3.8, 4) is 5.69 Å². The van der Waals surface area contributed by atoms with Crippen LogP contribution in [0.15, 0.2) is 29.4 Å². The number of carbonyl (C=O) groups excluding carboxylic acids is 1. The fourth-order valence-electron chi connectivity index (χ4n) is 2.03. The van der Waals surface area contributed by atoms with E-state index >= 15 is 0 Å². The molecule has 3 heterocycles. The van der Waals surface area contributed by atoms with Gasteiger partial charge in [0.1, 0.15) is 11.2 Å². The molecular formula is C12H14N6OS. The van der Waals surface area contributed by atoms with Crippen LogP contribution >= 0.6 is 11.3 Å². The number of nitrogens with one attached hydrogen (secondary N) is 2. The Morgan fingerprint density at radius 3 is 3.25 bits per heavy atom.